The van der Waals surface area contributed by atoms with Crippen LogP contribution >= 0.6 is 0 Å². The van der Waals surface area contributed by atoms with Crippen molar-refractivity contribution in [1.29, 1.82) is 5.26 Å². The normalized spacial score (nSPS) is 10.1. The van der Waals surface area contributed by atoms with Gasteiger partial charge in [-0.1, -0.05) is 0 Å². The highest BCUT2D eigenvalue weighted by Crippen LogP contribution is 2.28. The number of rotatable bonds is 1. The number of hydrogen-bond donors (Lipinski definition) is 1. The average molecular weight is 205 g/mol. The van der Waals surface area contributed by atoms with Crippen molar-refractivity contribution in [2.24, 2.45) is 0 Å². The third-order valence-corrected chi connectivity index (χ3v) is 2.08. The van der Waals surface area contributed by atoms with Gasteiger partial charge in [-0.15, -0.1) is 0 Å². The van der Waals surface area contributed by atoms with E-state index in [1.54, 1.807) is 6.07 Å². The topological polar surface area (TPSA) is 82.7 Å². The minimum atomic E-state index is -0.645. The van der Waals surface area contributed by atoms with Gasteiger partial charge in [-0.3, -0.25) is 10.1 Å². The summed E-state index contributed by atoms with van der Waals surface area (Å²) in [5, 5.41) is 19.2. The molecule has 1 N–H and O–H groups in total. The van der Waals surface area contributed by atoms with Gasteiger partial charge in [0.05, 0.1) is 15.9 Å². The lowest BCUT2D eigenvalue weighted by atomic mass is 10.1. The van der Waals surface area contributed by atoms with E-state index in [2.05, 4.69) is 4.98 Å². The molecule has 0 aliphatic heterocycles. The fourth-order valence-corrected chi connectivity index (χ4v) is 1.43. The van der Waals surface area contributed by atoms with Gasteiger partial charge in [0, 0.05) is 12.3 Å². The van der Waals surface area contributed by atoms with Crippen molar-refractivity contribution >= 4 is 16.6 Å². The first-order valence-corrected chi connectivity index (χ1v) is 3.99. The van der Waals surface area contributed by atoms with E-state index in [0.717, 1.165) is 12.1 Å². The van der Waals surface area contributed by atoms with Crippen LogP contribution in [0.1, 0.15) is 5.56 Å². The number of benzene rings is 1. The number of nitriles is 1. The molecule has 74 valence electrons. The van der Waals surface area contributed by atoms with E-state index in [4.69, 9.17) is 5.26 Å². The number of nitro groups is 1. The molecule has 1 aromatic heterocycles. The molecule has 0 saturated heterocycles. The van der Waals surface area contributed by atoms with Gasteiger partial charge in [0.25, 0.3) is 5.69 Å². The second-order valence-corrected chi connectivity index (χ2v) is 2.89. The van der Waals surface area contributed by atoms with Crippen LogP contribution in [0, 0.1) is 27.3 Å². The summed E-state index contributed by atoms with van der Waals surface area (Å²) in [4.78, 5) is 12.5. The van der Waals surface area contributed by atoms with Gasteiger partial charge in [-0.25, -0.2) is 4.39 Å². The number of H-pyrrole nitrogens is 1. The number of aromatic amines is 1. The quantitative estimate of drug-likeness (QED) is 0.571. The number of nitrogens with one attached hydrogen (secondary N) is 1. The van der Waals surface area contributed by atoms with Gasteiger partial charge >= 0.3 is 0 Å². The third kappa shape index (κ3) is 1.21. The molecule has 15 heavy (non-hydrogen) atoms. The molecule has 5 nitrogen and oxygen atoms in total. The van der Waals surface area contributed by atoms with Crippen LogP contribution in [0.2, 0.25) is 0 Å². The fraction of sp³-hybridized carbons (Fsp3) is 0. The van der Waals surface area contributed by atoms with Gasteiger partial charge < -0.3 is 4.98 Å². The molecule has 1 heterocycles. The molecule has 0 fully saturated rings. The smallest absolute Gasteiger partial charge is 0.293 e. The standard InChI is InChI=1S/C9H4FN3O2/c10-6-1-2-7(13(14)15)9-8(6)5(3-11)4-12-9/h1-2,4,12H. The SMILES string of the molecule is N#Cc1c[nH]c2c([N+](=O)[O-])ccc(F)c12. The number of fused-ring (bicyclic) bond motifs is 1. The Labute approximate surface area is 82.9 Å². The van der Waals surface area contributed by atoms with Gasteiger partial charge in [0.15, 0.2) is 0 Å². The van der Waals surface area contributed by atoms with E-state index >= 15 is 0 Å². The van der Waals surface area contributed by atoms with E-state index < -0.39 is 10.7 Å². The predicted molar refractivity (Wildman–Crippen MR) is 49.6 cm³/mol. The molecule has 1 aromatic carbocycles. The average Bonchev–Trinajstić information content (AvgIpc) is 2.62. The molecule has 0 amide bonds. The Balaban J connectivity index is 2.92. The lowest BCUT2D eigenvalue weighted by Gasteiger charge is -1.95. The van der Waals surface area contributed by atoms with E-state index in [9.17, 15) is 14.5 Å². The summed E-state index contributed by atoms with van der Waals surface area (Å²) < 4.78 is 13.3. The highest BCUT2D eigenvalue weighted by Gasteiger charge is 2.18. The number of nitrogens with zero attached hydrogens (tertiary/aromatic N) is 2. The number of nitro benzene ring substituents is 1. The number of aromatic nitrogens is 1. The maximum atomic E-state index is 13.3. The maximum Gasteiger partial charge on any atom is 0.293 e. The summed E-state index contributed by atoms with van der Waals surface area (Å²) in [7, 11) is 0. The molecule has 0 aliphatic rings. The van der Waals surface area contributed by atoms with E-state index in [1.807, 2.05) is 0 Å². The molecular formula is C9H4FN3O2. The molecule has 2 aromatic rings. The molecule has 0 spiro atoms. The summed E-state index contributed by atoms with van der Waals surface area (Å²) in [5.41, 5.74) is -0.143. The monoisotopic (exact) mass is 205 g/mol. The highest BCUT2D eigenvalue weighted by molar-refractivity contribution is 5.92. The third-order valence-electron chi connectivity index (χ3n) is 2.08. The zero-order chi connectivity index (χ0) is 11.0. The lowest BCUT2D eigenvalue weighted by molar-refractivity contribution is -0.383. The first kappa shape index (κ1) is 9.15. The number of halogens is 1. The van der Waals surface area contributed by atoms with Crippen LogP contribution in [-0.2, 0) is 0 Å². The Morgan fingerprint density at radius 2 is 2.27 bits per heavy atom. The van der Waals surface area contributed by atoms with Crippen molar-refractivity contribution in [1.82, 2.24) is 4.98 Å². The largest absolute Gasteiger partial charge is 0.354 e. The Hall–Kier alpha value is -2.42. The van der Waals surface area contributed by atoms with Crippen LogP contribution in [0.15, 0.2) is 18.3 Å². The minimum Gasteiger partial charge on any atom is -0.354 e. The molecule has 0 atom stereocenters. The van der Waals surface area contributed by atoms with Gasteiger partial charge in [0.2, 0.25) is 0 Å². The van der Waals surface area contributed by atoms with Crippen molar-refractivity contribution in [3.05, 3.63) is 39.8 Å². The summed E-state index contributed by atoms with van der Waals surface area (Å²) in [6.45, 7) is 0. The van der Waals surface area contributed by atoms with Crippen molar-refractivity contribution in [3.63, 3.8) is 0 Å². The summed E-state index contributed by atoms with van der Waals surface area (Å²) in [6, 6.07) is 3.81. The van der Waals surface area contributed by atoms with Crippen LogP contribution < -0.4 is 0 Å². The van der Waals surface area contributed by atoms with Crippen LogP contribution in [-0.4, -0.2) is 9.91 Å². The predicted octanol–water partition coefficient (Wildman–Crippen LogP) is 2.09. The van der Waals surface area contributed by atoms with Crippen LogP contribution in [0.25, 0.3) is 10.9 Å². The molecule has 0 unspecified atom stereocenters. The Bertz CT molecular complexity index is 597. The number of hydrogen-bond acceptors (Lipinski definition) is 3. The van der Waals surface area contributed by atoms with Crippen molar-refractivity contribution < 1.29 is 9.31 Å². The fourth-order valence-electron chi connectivity index (χ4n) is 1.43. The molecule has 0 bridgehead atoms. The van der Waals surface area contributed by atoms with Crippen LogP contribution in [0.4, 0.5) is 10.1 Å². The molecule has 2 rings (SSSR count). The van der Waals surface area contributed by atoms with E-state index in [-0.39, 0.29) is 22.2 Å². The second kappa shape index (κ2) is 3.06. The van der Waals surface area contributed by atoms with Crippen LogP contribution in [0.3, 0.4) is 0 Å². The van der Waals surface area contributed by atoms with Gasteiger partial charge in [-0.05, 0) is 6.07 Å². The molecule has 0 saturated carbocycles. The summed E-state index contributed by atoms with van der Waals surface area (Å²) >= 11 is 0. The van der Waals surface area contributed by atoms with Gasteiger partial charge in [-0.2, -0.15) is 5.26 Å². The van der Waals surface area contributed by atoms with Crippen molar-refractivity contribution in [3.8, 4) is 6.07 Å². The van der Waals surface area contributed by atoms with E-state index in [1.165, 1.54) is 6.20 Å². The van der Waals surface area contributed by atoms with Gasteiger partial charge in [0.1, 0.15) is 17.4 Å². The Morgan fingerprint density at radius 1 is 1.53 bits per heavy atom. The Kier molecular flexibility index (Phi) is 1.87. The minimum absolute atomic E-state index is 0.0355. The first-order chi connectivity index (χ1) is 7.15. The zero-order valence-electron chi connectivity index (χ0n) is 7.32. The van der Waals surface area contributed by atoms with Crippen LogP contribution in [0.5, 0.6) is 0 Å². The molecule has 6 heteroatoms. The molecular weight excluding hydrogens is 201 g/mol. The number of non-ortho nitro benzene ring substituents is 1. The molecule has 0 radical (unpaired) electrons. The van der Waals surface area contributed by atoms with Crippen molar-refractivity contribution in [2.45, 2.75) is 0 Å². The maximum absolute atomic E-state index is 13.3. The summed E-state index contributed by atoms with van der Waals surface area (Å²) in [5.74, 6) is -0.645. The molecule has 0 aliphatic carbocycles. The lowest BCUT2D eigenvalue weighted by Crippen LogP contribution is -1.90. The Morgan fingerprint density at radius 3 is 2.87 bits per heavy atom. The second-order valence-electron chi connectivity index (χ2n) is 2.89. The highest BCUT2D eigenvalue weighted by atomic mass is 19.1. The summed E-state index contributed by atoms with van der Waals surface area (Å²) in [6.07, 6.45) is 1.25. The van der Waals surface area contributed by atoms with Crippen molar-refractivity contribution in [2.75, 3.05) is 0 Å². The van der Waals surface area contributed by atoms with E-state index in [0.29, 0.717) is 0 Å². The zero-order valence-corrected chi connectivity index (χ0v) is 7.32. The first-order valence-electron chi connectivity index (χ1n) is 3.99.